The van der Waals surface area contributed by atoms with Crippen molar-refractivity contribution in [3.8, 4) is 0 Å². The summed E-state index contributed by atoms with van der Waals surface area (Å²) in [6.07, 6.45) is -1.31. The predicted octanol–water partition coefficient (Wildman–Crippen LogP) is 2.61. The summed E-state index contributed by atoms with van der Waals surface area (Å²) in [4.78, 5) is 27.4. The van der Waals surface area contributed by atoms with Crippen LogP contribution in [0.1, 0.15) is 35.9 Å². The van der Waals surface area contributed by atoms with E-state index < -0.39 is 39.4 Å². The van der Waals surface area contributed by atoms with E-state index in [-0.39, 0.29) is 18.0 Å². The third-order valence-corrected chi connectivity index (χ3v) is 7.42. The average molecular weight is 479 g/mol. The fourth-order valence-corrected chi connectivity index (χ4v) is 5.03. The molecule has 1 fully saturated rings. The first-order chi connectivity index (χ1) is 15.8. The van der Waals surface area contributed by atoms with Gasteiger partial charge in [-0.15, -0.1) is 0 Å². The highest BCUT2D eigenvalue weighted by Gasteiger charge is 2.32. The van der Waals surface area contributed by atoms with Crippen molar-refractivity contribution in [3.63, 3.8) is 0 Å². The lowest BCUT2D eigenvalue weighted by atomic mass is 10.1. The Morgan fingerprint density at radius 1 is 1.09 bits per heavy atom. The topological polar surface area (TPSA) is 93.2 Å². The number of esters is 1. The fraction of sp³-hybridized carbons (Fsp3) is 0.391. The molecule has 0 aliphatic carbocycles. The summed E-state index contributed by atoms with van der Waals surface area (Å²) in [6, 6.07) is 11.4. The van der Waals surface area contributed by atoms with E-state index in [0.29, 0.717) is 31.9 Å². The molecule has 2 aromatic rings. The number of halogens is 1. The Labute approximate surface area is 192 Å². The van der Waals surface area contributed by atoms with Gasteiger partial charge in [-0.2, -0.15) is 4.31 Å². The number of nitrogens with zero attached hydrogens (tertiary/aromatic N) is 2. The van der Waals surface area contributed by atoms with Gasteiger partial charge in [-0.25, -0.2) is 17.6 Å². The van der Waals surface area contributed by atoms with Crippen LogP contribution < -0.4 is 0 Å². The van der Waals surface area contributed by atoms with Crippen LogP contribution in [0, 0.1) is 5.82 Å². The minimum Gasteiger partial charge on any atom is -0.444 e. The van der Waals surface area contributed by atoms with Gasteiger partial charge < -0.3 is 14.4 Å². The highest BCUT2D eigenvalue weighted by atomic mass is 32.2. The Bertz CT molecular complexity index is 1080. The number of carbonyl (C=O) groups is 2. The molecule has 2 aromatic carbocycles. The third-order valence-electron chi connectivity index (χ3n) is 5.38. The number of rotatable bonds is 8. The molecule has 0 N–H and O–H groups in total. The summed E-state index contributed by atoms with van der Waals surface area (Å²) in [5.41, 5.74) is -0.131. The molecule has 0 spiro atoms. The van der Waals surface area contributed by atoms with E-state index >= 15 is 0 Å². The van der Waals surface area contributed by atoms with E-state index in [1.165, 1.54) is 9.21 Å². The predicted molar refractivity (Wildman–Crippen MR) is 119 cm³/mol. The maximum Gasteiger partial charge on any atom is 0.342 e. The van der Waals surface area contributed by atoms with E-state index in [1.807, 2.05) is 0 Å². The van der Waals surface area contributed by atoms with E-state index in [1.54, 1.807) is 44.2 Å². The highest BCUT2D eigenvalue weighted by Crippen LogP contribution is 2.25. The van der Waals surface area contributed by atoms with Crippen LogP contribution in [0.25, 0.3) is 0 Å². The van der Waals surface area contributed by atoms with Gasteiger partial charge in [-0.3, -0.25) is 4.79 Å². The monoisotopic (exact) mass is 478 g/mol. The standard InChI is InChI=1S/C23H27FN2O6S/c1-3-26(4-2)33(29,30)18-10-11-20(24)19(16-18)23(28)32-21(17-8-6-5-7-9-17)22(27)25-12-14-31-15-13-25/h5-11,16,21H,3-4,12-15H2,1-2H3. The SMILES string of the molecule is CCN(CC)S(=O)(=O)c1ccc(F)c(C(=O)OC(C(=O)N2CCOCC2)c2ccccc2)c1. The van der Waals surface area contributed by atoms with Gasteiger partial charge in [0, 0.05) is 31.7 Å². The molecule has 1 aliphatic rings. The molecule has 10 heteroatoms. The van der Waals surface area contributed by atoms with Gasteiger partial charge in [0.2, 0.25) is 16.1 Å². The zero-order valence-corrected chi connectivity index (χ0v) is 19.4. The number of ether oxygens (including phenoxy) is 2. The van der Waals surface area contributed by atoms with Crippen LogP contribution in [0.5, 0.6) is 0 Å². The molecule has 1 aliphatic heterocycles. The Kier molecular flexibility index (Phi) is 8.17. The second-order valence-corrected chi connectivity index (χ2v) is 9.30. The summed E-state index contributed by atoms with van der Waals surface area (Å²) < 4.78 is 52.1. The number of amides is 1. The number of morpholine rings is 1. The van der Waals surface area contributed by atoms with Crippen molar-refractivity contribution in [3.05, 3.63) is 65.5 Å². The van der Waals surface area contributed by atoms with Crippen molar-refractivity contribution in [1.29, 1.82) is 0 Å². The van der Waals surface area contributed by atoms with Crippen LogP contribution in [0.3, 0.4) is 0 Å². The van der Waals surface area contributed by atoms with E-state index in [2.05, 4.69) is 0 Å². The van der Waals surface area contributed by atoms with Crippen LogP contribution in [0.4, 0.5) is 4.39 Å². The van der Waals surface area contributed by atoms with Crippen molar-refractivity contribution in [2.24, 2.45) is 0 Å². The number of carbonyl (C=O) groups excluding carboxylic acids is 2. The molecule has 0 aromatic heterocycles. The smallest absolute Gasteiger partial charge is 0.342 e. The van der Waals surface area contributed by atoms with Crippen molar-refractivity contribution in [1.82, 2.24) is 9.21 Å². The molecule has 1 saturated heterocycles. The van der Waals surface area contributed by atoms with Crippen LogP contribution in [-0.4, -0.2) is 68.9 Å². The van der Waals surface area contributed by atoms with Crippen LogP contribution in [-0.2, 0) is 24.3 Å². The van der Waals surface area contributed by atoms with Crippen molar-refractivity contribution in [2.75, 3.05) is 39.4 Å². The highest BCUT2D eigenvalue weighted by molar-refractivity contribution is 7.89. The molecular formula is C23H27FN2O6S. The van der Waals surface area contributed by atoms with Gasteiger partial charge in [-0.1, -0.05) is 44.2 Å². The van der Waals surface area contributed by atoms with E-state index in [0.717, 1.165) is 18.2 Å². The third kappa shape index (κ3) is 5.58. The molecule has 1 amide bonds. The minimum absolute atomic E-state index is 0.222. The fourth-order valence-electron chi connectivity index (χ4n) is 3.54. The Morgan fingerprint density at radius 3 is 2.33 bits per heavy atom. The van der Waals surface area contributed by atoms with Gasteiger partial charge in [0.15, 0.2) is 0 Å². The van der Waals surface area contributed by atoms with Gasteiger partial charge in [0.25, 0.3) is 5.91 Å². The second-order valence-electron chi connectivity index (χ2n) is 7.36. The van der Waals surface area contributed by atoms with Crippen molar-refractivity contribution in [2.45, 2.75) is 24.8 Å². The summed E-state index contributed by atoms with van der Waals surface area (Å²) in [7, 11) is -3.92. The number of hydrogen-bond acceptors (Lipinski definition) is 6. The molecule has 3 rings (SSSR count). The van der Waals surface area contributed by atoms with Gasteiger partial charge in [-0.05, 0) is 18.2 Å². The molecule has 8 nitrogen and oxygen atoms in total. The maximum atomic E-state index is 14.6. The summed E-state index contributed by atoms with van der Waals surface area (Å²) in [5.74, 6) is -2.52. The average Bonchev–Trinajstić information content (AvgIpc) is 2.83. The Balaban J connectivity index is 1.93. The molecule has 1 heterocycles. The van der Waals surface area contributed by atoms with Crippen LogP contribution in [0.2, 0.25) is 0 Å². The molecule has 178 valence electrons. The lowest BCUT2D eigenvalue weighted by molar-refractivity contribution is -0.145. The Morgan fingerprint density at radius 2 is 1.73 bits per heavy atom. The molecule has 1 unspecified atom stereocenters. The molecule has 0 bridgehead atoms. The van der Waals surface area contributed by atoms with Crippen LogP contribution in [0.15, 0.2) is 53.4 Å². The zero-order valence-electron chi connectivity index (χ0n) is 18.6. The maximum absolute atomic E-state index is 14.6. The molecule has 33 heavy (non-hydrogen) atoms. The number of sulfonamides is 1. The van der Waals surface area contributed by atoms with Crippen molar-refractivity contribution >= 4 is 21.9 Å². The van der Waals surface area contributed by atoms with Gasteiger partial charge in [0.05, 0.1) is 23.7 Å². The molecule has 0 radical (unpaired) electrons. The van der Waals surface area contributed by atoms with Crippen molar-refractivity contribution < 1.29 is 31.9 Å². The summed E-state index contributed by atoms with van der Waals surface area (Å²) in [5, 5.41) is 0. The normalized spacial score (nSPS) is 15.3. The minimum atomic E-state index is -3.92. The number of benzene rings is 2. The molecule has 0 saturated carbocycles. The summed E-state index contributed by atoms with van der Waals surface area (Å²) in [6.45, 7) is 5.21. The second kappa shape index (κ2) is 10.9. The molecular weight excluding hydrogens is 451 g/mol. The summed E-state index contributed by atoms with van der Waals surface area (Å²) >= 11 is 0. The number of hydrogen-bond donors (Lipinski definition) is 0. The lowest BCUT2D eigenvalue weighted by Crippen LogP contribution is -2.44. The van der Waals surface area contributed by atoms with Gasteiger partial charge in [0.1, 0.15) is 5.82 Å². The quantitative estimate of drug-likeness (QED) is 0.542. The largest absolute Gasteiger partial charge is 0.444 e. The first-order valence-corrected chi connectivity index (χ1v) is 12.2. The van der Waals surface area contributed by atoms with Gasteiger partial charge >= 0.3 is 5.97 Å². The first-order valence-electron chi connectivity index (χ1n) is 10.7. The lowest BCUT2D eigenvalue weighted by Gasteiger charge is -2.30. The zero-order chi connectivity index (χ0) is 24.0. The first kappa shape index (κ1) is 24.8. The van der Waals surface area contributed by atoms with E-state index in [9.17, 15) is 22.4 Å². The van der Waals surface area contributed by atoms with E-state index in [4.69, 9.17) is 9.47 Å². The molecule has 1 atom stereocenters. The van der Waals surface area contributed by atoms with Crippen LogP contribution >= 0.6 is 0 Å². The Hall–Kier alpha value is -2.82.